The van der Waals surface area contributed by atoms with Crippen LogP contribution in [0, 0.1) is 6.92 Å². The minimum Gasteiger partial charge on any atom is -0.339 e. The lowest BCUT2D eigenvalue weighted by molar-refractivity contribution is -0.116. The summed E-state index contributed by atoms with van der Waals surface area (Å²) in [6, 6.07) is 8.72. The fourth-order valence-electron chi connectivity index (χ4n) is 2.64. The lowest BCUT2D eigenvalue weighted by Gasteiger charge is -2.08. The van der Waals surface area contributed by atoms with E-state index in [1.807, 2.05) is 19.1 Å². The molecule has 0 atom stereocenters. The Balaban J connectivity index is 1.62. The molecule has 0 spiro atoms. The van der Waals surface area contributed by atoms with Crippen molar-refractivity contribution in [3.8, 4) is 11.4 Å². The summed E-state index contributed by atoms with van der Waals surface area (Å²) in [5.41, 5.74) is 1.92. The molecule has 8 heteroatoms. The van der Waals surface area contributed by atoms with E-state index in [0.717, 1.165) is 11.3 Å². The number of aromatic amines is 1. The van der Waals surface area contributed by atoms with Gasteiger partial charge in [0.15, 0.2) is 5.82 Å². The summed E-state index contributed by atoms with van der Waals surface area (Å²) in [5.74, 6) is 1.51. The van der Waals surface area contributed by atoms with Crippen molar-refractivity contribution in [2.24, 2.45) is 0 Å². The van der Waals surface area contributed by atoms with Gasteiger partial charge in [-0.05, 0) is 31.9 Å². The summed E-state index contributed by atoms with van der Waals surface area (Å²) >= 11 is 0. The molecular weight excluding hydrogens is 346 g/mol. The van der Waals surface area contributed by atoms with E-state index >= 15 is 0 Å². The zero-order valence-electron chi connectivity index (χ0n) is 15.3. The maximum Gasteiger partial charge on any atom is 0.251 e. The molecule has 0 bridgehead atoms. The number of carbonyl (C=O) groups excluding carboxylic acids is 1. The van der Waals surface area contributed by atoms with Crippen LogP contribution in [0.3, 0.4) is 0 Å². The first-order valence-electron chi connectivity index (χ1n) is 8.83. The maximum absolute atomic E-state index is 12.2. The second-order valence-electron chi connectivity index (χ2n) is 6.16. The average Bonchev–Trinajstić information content (AvgIpc) is 3.06. The number of nitrogens with zero attached hydrogens (tertiary/aromatic N) is 3. The van der Waals surface area contributed by atoms with Crippen molar-refractivity contribution in [3.05, 3.63) is 58.1 Å². The number of anilines is 1. The van der Waals surface area contributed by atoms with Crippen LogP contribution in [0.4, 0.5) is 5.69 Å². The van der Waals surface area contributed by atoms with Crippen molar-refractivity contribution in [2.75, 3.05) is 5.32 Å². The van der Waals surface area contributed by atoms with Crippen molar-refractivity contribution in [1.82, 2.24) is 20.1 Å². The molecule has 0 fully saturated rings. The van der Waals surface area contributed by atoms with E-state index in [-0.39, 0.29) is 11.5 Å². The number of carbonyl (C=O) groups is 1. The maximum atomic E-state index is 12.2. The van der Waals surface area contributed by atoms with Gasteiger partial charge in [-0.1, -0.05) is 24.2 Å². The Morgan fingerprint density at radius 2 is 2.11 bits per heavy atom. The van der Waals surface area contributed by atoms with E-state index in [0.29, 0.717) is 48.9 Å². The molecule has 1 amide bonds. The van der Waals surface area contributed by atoms with Gasteiger partial charge in [-0.2, -0.15) is 4.98 Å². The molecule has 140 valence electrons. The van der Waals surface area contributed by atoms with Gasteiger partial charge in [-0.25, -0.2) is 4.98 Å². The molecule has 0 radical (unpaired) electrons. The number of benzene rings is 1. The lowest BCUT2D eigenvalue weighted by atomic mass is 10.1. The fraction of sp³-hybridized carbons (Fsp3) is 0.316. The third-order valence-corrected chi connectivity index (χ3v) is 3.94. The van der Waals surface area contributed by atoms with Crippen molar-refractivity contribution in [2.45, 2.75) is 39.5 Å². The zero-order valence-corrected chi connectivity index (χ0v) is 15.3. The van der Waals surface area contributed by atoms with Gasteiger partial charge in [0.2, 0.25) is 11.8 Å². The molecule has 3 rings (SSSR count). The highest BCUT2D eigenvalue weighted by atomic mass is 16.5. The monoisotopic (exact) mass is 367 g/mol. The third kappa shape index (κ3) is 5.10. The minimum absolute atomic E-state index is 0.104. The van der Waals surface area contributed by atoms with Gasteiger partial charge in [-0.15, -0.1) is 0 Å². The molecular formula is C19H21N5O3. The van der Waals surface area contributed by atoms with Crippen molar-refractivity contribution >= 4 is 11.6 Å². The van der Waals surface area contributed by atoms with Gasteiger partial charge < -0.3 is 14.8 Å². The van der Waals surface area contributed by atoms with Gasteiger partial charge in [0, 0.05) is 35.9 Å². The van der Waals surface area contributed by atoms with E-state index in [1.54, 1.807) is 19.1 Å². The van der Waals surface area contributed by atoms with Crippen LogP contribution in [0.25, 0.3) is 11.4 Å². The predicted octanol–water partition coefficient (Wildman–Crippen LogP) is 2.65. The van der Waals surface area contributed by atoms with E-state index < -0.39 is 0 Å². The molecule has 0 aliphatic heterocycles. The molecule has 0 saturated heterocycles. The normalized spacial score (nSPS) is 10.7. The van der Waals surface area contributed by atoms with Gasteiger partial charge in [-0.3, -0.25) is 9.59 Å². The first kappa shape index (κ1) is 18.5. The zero-order chi connectivity index (χ0) is 19.2. The molecule has 8 nitrogen and oxygen atoms in total. The van der Waals surface area contributed by atoms with E-state index in [9.17, 15) is 9.59 Å². The highest BCUT2D eigenvalue weighted by molar-refractivity contribution is 5.91. The number of hydrogen-bond acceptors (Lipinski definition) is 6. The van der Waals surface area contributed by atoms with Crippen LogP contribution < -0.4 is 10.9 Å². The molecule has 3 aromatic rings. The summed E-state index contributed by atoms with van der Waals surface area (Å²) in [6.07, 6.45) is 2.18. The van der Waals surface area contributed by atoms with Gasteiger partial charge in [0.1, 0.15) is 5.82 Å². The van der Waals surface area contributed by atoms with Gasteiger partial charge >= 0.3 is 0 Å². The number of aryl methyl sites for hydroxylation is 3. The van der Waals surface area contributed by atoms with E-state index in [1.165, 1.54) is 6.07 Å². The molecule has 0 saturated carbocycles. The highest BCUT2D eigenvalue weighted by Gasteiger charge is 2.08. The Bertz CT molecular complexity index is 993. The highest BCUT2D eigenvalue weighted by Crippen LogP contribution is 2.19. The SMILES string of the molecule is CCc1cc(=O)[nH]c(-c2cccc(NC(=O)CCCc3nc(C)no3)c2)n1. The van der Waals surface area contributed by atoms with Crippen LogP contribution in [0.5, 0.6) is 0 Å². The summed E-state index contributed by atoms with van der Waals surface area (Å²) in [6.45, 7) is 3.70. The first-order chi connectivity index (χ1) is 13.0. The van der Waals surface area contributed by atoms with Gasteiger partial charge in [0.05, 0.1) is 0 Å². The Labute approximate surface area is 156 Å². The topological polar surface area (TPSA) is 114 Å². The number of nitrogens with one attached hydrogen (secondary N) is 2. The van der Waals surface area contributed by atoms with Crippen molar-refractivity contribution < 1.29 is 9.32 Å². The molecule has 1 aromatic carbocycles. The molecule has 0 unspecified atom stereocenters. The van der Waals surface area contributed by atoms with Crippen LogP contribution in [0.1, 0.15) is 37.2 Å². The largest absolute Gasteiger partial charge is 0.339 e. The molecule has 27 heavy (non-hydrogen) atoms. The number of amides is 1. The Kier molecular flexibility index (Phi) is 5.75. The first-order valence-corrected chi connectivity index (χ1v) is 8.83. The number of aromatic nitrogens is 4. The van der Waals surface area contributed by atoms with Crippen LogP contribution in [-0.2, 0) is 17.6 Å². The molecule has 2 heterocycles. The number of hydrogen-bond donors (Lipinski definition) is 2. The molecule has 2 N–H and O–H groups in total. The van der Waals surface area contributed by atoms with Gasteiger partial charge in [0.25, 0.3) is 5.56 Å². The summed E-state index contributed by atoms with van der Waals surface area (Å²) < 4.78 is 5.03. The summed E-state index contributed by atoms with van der Waals surface area (Å²) in [4.78, 5) is 35.2. The number of rotatable bonds is 7. The van der Waals surface area contributed by atoms with Crippen LogP contribution >= 0.6 is 0 Å². The van der Waals surface area contributed by atoms with E-state index in [2.05, 4.69) is 25.4 Å². The van der Waals surface area contributed by atoms with Crippen LogP contribution in [0.2, 0.25) is 0 Å². The third-order valence-electron chi connectivity index (χ3n) is 3.94. The van der Waals surface area contributed by atoms with Crippen LogP contribution in [0.15, 0.2) is 39.6 Å². The minimum atomic E-state index is -0.192. The lowest BCUT2D eigenvalue weighted by Crippen LogP contribution is -2.12. The second kappa shape index (κ2) is 8.39. The fourth-order valence-corrected chi connectivity index (χ4v) is 2.64. The summed E-state index contributed by atoms with van der Waals surface area (Å²) in [5, 5.41) is 6.58. The Morgan fingerprint density at radius 1 is 1.26 bits per heavy atom. The summed E-state index contributed by atoms with van der Waals surface area (Å²) in [7, 11) is 0. The van der Waals surface area contributed by atoms with Crippen LogP contribution in [-0.4, -0.2) is 26.0 Å². The van der Waals surface area contributed by atoms with E-state index in [4.69, 9.17) is 4.52 Å². The second-order valence-corrected chi connectivity index (χ2v) is 6.16. The molecule has 2 aromatic heterocycles. The Morgan fingerprint density at radius 3 is 2.85 bits per heavy atom. The molecule has 0 aliphatic carbocycles. The molecule has 0 aliphatic rings. The average molecular weight is 367 g/mol. The standard InChI is InChI=1S/C19H21N5O3/c1-3-14-11-17(26)23-19(22-14)13-6-4-7-15(10-13)21-16(25)8-5-9-18-20-12(2)24-27-18/h4,6-7,10-11H,3,5,8-9H2,1-2H3,(H,21,25)(H,22,23,26). The smallest absolute Gasteiger partial charge is 0.251 e. The number of H-pyrrole nitrogens is 1. The Hall–Kier alpha value is -3.29. The quantitative estimate of drug-likeness (QED) is 0.663. The van der Waals surface area contributed by atoms with Crippen molar-refractivity contribution in [3.63, 3.8) is 0 Å². The van der Waals surface area contributed by atoms with Crippen molar-refractivity contribution in [1.29, 1.82) is 0 Å². The predicted molar refractivity (Wildman–Crippen MR) is 100 cm³/mol.